The van der Waals surface area contributed by atoms with Gasteiger partial charge in [-0.05, 0) is 23.6 Å². The zero-order chi connectivity index (χ0) is 14.7. The summed E-state index contributed by atoms with van der Waals surface area (Å²) in [6.45, 7) is 0.740. The van der Waals surface area contributed by atoms with Crippen LogP contribution in [0.15, 0.2) is 46.8 Å². The molecule has 1 amide bonds. The molecule has 116 valence electrons. The highest BCUT2D eigenvalue weighted by molar-refractivity contribution is 7.09. The van der Waals surface area contributed by atoms with Gasteiger partial charge in [0.1, 0.15) is 12.3 Å². The number of hydrogen-bond donors (Lipinski definition) is 1. The molecule has 0 unspecified atom stereocenters. The van der Waals surface area contributed by atoms with Crippen molar-refractivity contribution < 1.29 is 21.9 Å². The van der Waals surface area contributed by atoms with Gasteiger partial charge < -0.3 is 22.5 Å². The highest BCUT2D eigenvalue weighted by Crippen LogP contribution is 2.20. The molecule has 2 aromatic rings. The molecule has 1 aromatic carbocycles. The zero-order valence-electron chi connectivity index (χ0n) is 12.0. The molecular formula is C15H15ClN3O2S-. The van der Waals surface area contributed by atoms with Crippen LogP contribution in [0.1, 0.15) is 4.88 Å². The Morgan fingerprint density at radius 1 is 1.36 bits per heavy atom. The first-order valence-corrected chi connectivity index (χ1v) is 7.42. The molecule has 0 saturated heterocycles. The summed E-state index contributed by atoms with van der Waals surface area (Å²) in [6.07, 6.45) is 0. The van der Waals surface area contributed by atoms with E-state index in [0.29, 0.717) is 12.5 Å². The third kappa shape index (κ3) is 3.58. The molecule has 0 saturated carbocycles. The summed E-state index contributed by atoms with van der Waals surface area (Å²) < 4.78 is 5.19. The summed E-state index contributed by atoms with van der Waals surface area (Å²) in [6, 6.07) is 11.5. The SMILES string of the molecule is COc1cccc(NC2=NCC(=O)N2Cc2cccs2)c1.[Cl-]. The van der Waals surface area contributed by atoms with Crippen molar-refractivity contribution in [2.75, 3.05) is 19.0 Å². The minimum Gasteiger partial charge on any atom is -1.00 e. The predicted molar refractivity (Wildman–Crippen MR) is 83.8 cm³/mol. The highest BCUT2D eigenvalue weighted by atomic mass is 35.5. The number of nitrogens with zero attached hydrogens (tertiary/aromatic N) is 2. The van der Waals surface area contributed by atoms with E-state index in [1.165, 1.54) is 0 Å². The van der Waals surface area contributed by atoms with Crippen LogP contribution < -0.4 is 22.5 Å². The van der Waals surface area contributed by atoms with Gasteiger partial charge in [0.15, 0.2) is 0 Å². The van der Waals surface area contributed by atoms with Crippen molar-refractivity contribution in [2.45, 2.75) is 6.54 Å². The van der Waals surface area contributed by atoms with Gasteiger partial charge in [0.05, 0.1) is 13.7 Å². The fourth-order valence-electron chi connectivity index (χ4n) is 2.09. The van der Waals surface area contributed by atoms with Crippen molar-refractivity contribution in [1.82, 2.24) is 4.90 Å². The Balaban J connectivity index is 0.00000176. The van der Waals surface area contributed by atoms with Crippen molar-refractivity contribution in [1.29, 1.82) is 0 Å². The molecule has 0 radical (unpaired) electrons. The molecule has 3 rings (SSSR count). The number of ether oxygens (including phenoxy) is 1. The van der Waals surface area contributed by atoms with Crippen LogP contribution in [0.3, 0.4) is 0 Å². The molecule has 1 aliphatic rings. The van der Waals surface area contributed by atoms with Gasteiger partial charge in [-0.2, -0.15) is 0 Å². The van der Waals surface area contributed by atoms with Gasteiger partial charge in [-0.3, -0.25) is 9.69 Å². The lowest BCUT2D eigenvalue weighted by molar-refractivity contribution is -0.125. The van der Waals surface area contributed by atoms with Gasteiger partial charge in [-0.15, -0.1) is 11.3 Å². The van der Waals surface area contributed by atoms with Crippen LogP contribution in [-0.2, 0) is 11.3 Å². The number of guanidine groups is 1. The smallest absolute Gasteiger partial charge is 0.251 e. The van der Waals surface area contributed by atoms with Crippen molar-refractivity contribution in [3.8, 4) is 5.75 Å². The number of amides is 1. The van der Waals surface area contributed by atoms with E-state index in [2.05, 4.69) is 10.3 Å². The van der Waals surface area contributed by atoms with Crippen LogP contribution in [0.2, 0.25) is 0 Å². The van der Waals surface area contributed by atoms with Crippen LogP contribution in [0, 0.1) is 0 Å². The molecule has 0 aliphatic carbocycles. The Bertz CT molecular complexity index is 673. The summed E-state index contributed by atoms with van der Waals surface area (Å²) in [4.78, 5) is 19.1. The first-order valence-electron chi connectivity index (χ1n) is 6.54. The molecule has 22 heavy (non-hydrogen) atoms. The number of aliphatic imine (C=N–C) groups is 1. The lowest BCUT2D eigenvalue weighted by atomic mass is 10.3. The molecule has 1 aromatic heterocycles. The van der Waals surface area contributed by atoms with E-state index >= 15 is 0 Å². The molecule has 0 bridgehead atoms. The number of carbonyl (C=O) groups is 1. The van der Waals surface area contributed by atoms with Crippen molar-refractivity contribution in [3.63, 3.8) is 0 Å². The van der Waals surface area contributed by atoms with Crippen molar-refractivity contribution >= 4 is 28.9 Å². The summed E-state index contributed by atoms with van der Waals surface area (Å²) >= 11 is 1.63. The second kappa shape index (κ2) is 7.29. The number of benzene rings is 1. The third-order valence-corrected chi connectivity index (χ3v) is 4.00. The molecule has 0 atom stereocenters. The fraction of sp³-hybridized carbons (Fsp3) is 0.200. The largest absolute Gasteiger partial charge is 1.00 e. The minimum atomic E-state index is 0. The van der Waals surface area contributed by atoms with Gasteiger partial charge in [-0.25, -0.2) is 4.99 Å². The number of carbonyl (C=O) groups excluding carboxylic acids is 1. The Morgan fingerprint density at radius 2 is 2.23 bits per heavy atom. The number of halogens is 1. The fourth-order valence-corrected chi connectivity index (χ4v) is 2.78. The Kier molecular flexibility index (Phi) is 5.41. The number of hydrogen-bond acceptors (Lipinski definition) is 5. The molecular weight excluding hydrogens is 322 g/mol. The molecule has 2 heterocycles. The van der Waals surface area contributed by atoms with E-state index in [1.54, 1.807) is 23.3 Å². The van der Waals surface area contributed by atoms with Gasteiger partial charge in [0.2, 0.25) is 5.96 Å². The van der Waals surface area contributed by atoms with Crippen LogP contribution in [0.25, 0.3) is 0 Å². The van der Waals surface area contributed by atoms with Crippen LogP contribution in [-0.4, -0.2) is 30.4 Å². The second-order valence-corrected chi connectivity index (χ2v) is 5.59. The van der Waals surface area contributed by atoms with E-state index in [9.17, 15) is 4.79 Å². The van der Waals surface area contributed by atoms with Crippen molar-refractivity contribution in [3.05, 3.63) is 46.7 Å². The van der Waals surface area contributed by atoms with Crippen molar-refractivity contribution in [2.24, 2.45) is 4.99 Å². The third-order valence-electron chi connectivity index (χ3n) is 3.14. The average molecular weight is 337 g/mol. The molecule has 1 aliphatic heterocycles. The maximum Gasteiger partial charge on any atom is 0.251 e. The normalized spacial score (nSPS) is 13.6. The summed E-state index contributed by atoms with van der Waals surface area (Å²) in [5.74, 6) is 1.35. The molecule has 5 nitrogen and oxygen atoms in total. The Morgan fingerprint density at radius 3 is 2.95 bits per heavy atom. The summed E-state index contributed by atoms with van der Waals surface area (Å²) in [5, 5.41) is 5.19. The minimum absolute atomic E-state index is 0. The first kappa shape index (κ1) is 16.3. The molecule has 0 spiro atoms. The quantitative estimate of drug-likeness (QED) is 0.824. The topological polar surface area (TPSA) is 53.9 Å². The first-order chi connectivity index (χ1) is 10.3. The number of methoxy groups -OCH3 is 1. The van der Waals surface area contributed by atoms with E-state index in [-0.39, 0.29) is 24.9 Å². The zero-order valence-corrected chi connectivity index (χ0v) is 13.5. The number of rotatable bonds is 4. The van der Waals surface area contributed by atoms with Gasteiger partial charge >= 0.3 is 0 Å². The van der Waals surface area contributed by atoms with Gasteiger partial charge in [0.25, 0.3) is 5.91 Å². The predicted octanol–water partition coefficient (Wildman–Crippen LogP) is -0.429. The number of nitrogens with one attached hydrogen (secondary N) is 1. The van der Waals surface area contributed by atoms with Crippen LogP contribution >= 0.6 is 11.3 Å². The van der Waals surface area contributed by atoms with Crippen LogP contribution in [0.5, 0.6) is 5.75 Å². The van der Waals surface area contributed by atoms with E-state index in [0.717, 1.165) is 16.3 Å². The molecule has 0 fully saturated rings. The van der Waals surface area contributed by atoms with Crippen LogP contribution in [0.4, 0.5) is 5.69 Å². The van der Waals surface area contributed by atoms with E-state index < -0.39 is 0 Å². The summed E-state index contributed by atoms with van der Waals surface area (Å²) in [5.41, 5.74) is 0.846. The maximum absolute atomic E-state index is 12.0. The second-order valence-electron chi connectivity index (χ2n) is 4.56. The maximum atomic E-state index is 12.0. The Hall–Kier alpha value is -2.05. The number of anilines is 1. The molecule has 7 heteroatoms. The standard InChI is InChI=1S/C15H15N3O2S.ClH/c1-20-12-5-2-4-11(8-12)17-15-16-9-14(19)18(15)10-13-6-3-7-21-13;/h2-8H,9-10H2,1H3,(H,16,17);1H/p-1. The molecule has 1 N–H and O–H groups in total. The highest BCUT2D eigenvalue weighted by Gasteiger charge is 2.25. The summed E-state index contributed by atoms with van der Waals surface area (Å²) in [7, 11) is 1.62. The lowest BCUT2D eigenvalue weighted by Crippen LogP contribution is -3.00. The van der Waals surface area contributed by atoms with Gasteiger partial charge in [0, 0.05) is 16.6 Å². The lowest BCUT2D eigenvalue weighted by Gasteiger charge is -2.19. The van der Waals surface area contributed by atoms with Gasteiger partial charge in [-0.1, -0.05) is 12.1 Å². The monoisotopic (exact) mass is 336 g/mol. The average Bonchev–Trinajstić information content (AvgIpc) is 3.13. The van der Waals surface area contributed by atoms with E-state index in [1.807, 2.05) is 41.8 Å². The van der Waals surface area contributed by atoms with E-state index in [4.69, 9.17) is 4.74 Å². The Labute approximate surface area is 139 Å². The number of thiophene rings is 1.